The number of rotatable bonds is 6. The number of hydrogen-bond acceptors (Lipinski definition) is 4. The quantitative estimate of drug-likeness (QED) is 0.317. The molecule has 2 aliphatic rings. The van der Waals surface area contributed by atoms with Crippen LogP contribution in [0.15, 0.2) is 4.99 Å². The molecule has 2 aliphatic heterocycles. The average Bonchev–Trinajstić information content (AvgIpc) is 2.60. The van der Waals surface area contributed by atoms with Crippen LogP contribution >= 0.6 is 24.0 Å². The number of likely N-dealkylation sites (tertiary alicyclic amines) is 1. The van der Waals surface area contributed by atoms with E-state index in [0.29, 0.717) is 25.0 Å². The van der Waals surface area contributed by atoms with Crippen LogP contribution in [-0.4, -0.2) is 106 Å². The number of piperidine rings is 1. The van der Waals surface area contributed by atoms with Gasteiger partial charge in [-0.3, -0.25) is 14.8 Å². The van der Waals surface area contributed by atoms with Gasteiger partial charge in [-0.05, 0) is 52.4 Å². The Bertz CT molecular complexity index is 469. The second-order valence-corrected chi connectivity index (χ2v) is 7.90. The van der Waals surface area contributed by atoms with Crippen LogP contribution in [0.5, 0.6) is 0 Å². The molecular weight excluding hydrogens is 484 g/mol. The summed E-state index contributed by atoms with van der Waals surface area (Å²) >= 11 is 0. The fraction of sp³-hybridized carbons (Fsp3) is 0.944. The molecule has 0 aliphatic carbocycles. The van der Waals surface area contributed by atoms with E-state index in [1.54, 1.807) is 7.05 Å². The van der Waals surface area contributed by atoms with E-state index >= 15 is 0 Å². The Balaban J connectivity index is 0.00000392. The zero-order valence-corrected chi connectivity index (χ0v) is 19.6. The summed E-state index contributed by atoms with van der Waals surface area (Å²) in [7, 11) is 6.06. The minimum atomic E-state index is -4.09. The van der Waals surface area contributed by atoms with Crippen molar-refractivity contribution in [2.45, 2.75) is 31.5 Å². The van der Waals surface area contributed by atoms with Gasteiger partial charge in [-0.15, -0.1) is 24.0 Å². The topological polar surface area (TPSA) is 46.1 Å². The molecule has 0 bridgehead atoms. The van der Waals surface area contributed by atoms with Crippen molar-refractivity contribution in [2.24, 2.45) is 10.9 Å². The molecule has 2 fully saturated rings. The van der Waals surface area contributed by atoms with Crippen molar-refractivity contribution in [1.29, 1.82) is 0 Å². The lowest BCUT2D eigenvalue weighted by Crippen LogP contribution is -2.55. The Kier molecular flexibility index (Phi) is 11.4. The van der Waals surface area contributed by atoms with Crippen molar-refractivity contribution < 1.29 is 13.2 Å². The number of halogens is 4. The van der Waals surface area contributed by atoms with Crippen LogP contribution in [0.25, 0.3) is 0 Å². The van der Waals surface area contributed by atoms with Gasteiger partial charge in [-0.25, -0.2) is 0 Å². The molecule has 0 spiro atoms. The van der Waals surface area contributed by atoms with Crippen molar-refractivity contribution >= 4 is 29.9 Å². The highest BCUT2D eigenvalue weighted by atomic mass is 127. The maximum atomic E-state index is 12.4. The van der Waals surface area contributed by atoms with Crippen molar-refractivity contribution in [3.63, 3.8) is 0 Å². The summed E-state index contributed by atoms with van der Waals surface area (Å²) in [5.41, 5.74) is 0. The van der Waals surface area contributed by atoms with E-state index in [2.05, 4.69) is 39.5 Å². The van der Waals surface area contributed by atoms with Gasteiger partial charge in [0, 0.05) is 45.8 Å². The lowest BCUT2D eigenvalue weighted by molar-refractivity contribution is -0.148. The molecule has 2 saturated heterocycles. The smallest absolute Gasteiger partial charge is 0.356 e. The minimum absolute atomic E-state index is 0. The van der Waals surface area contributed by atoms with Crippen molar-refractivity contribution in [3.8, 4) is 0 Å². The highest BCUT2D eigenvalue weighted by molar-refractivity contribution is 14.0. The standard InChI is InChI=1S/C18H35F3N6.HI/c1-22-17(24-12-16-13-25(2)10-11-26(16)3)23-7-4-15-5-8-27(9-6-15)14-18(19,20)21;/h15-16H,4-14H2,1-3H3,(H2,22,23,24);1H. The summed E-state index contributed by atoms with van der Waals surface area (Å²) in [5.74, 6) is 1.28. The molecule has 2 heterocycles. The van der Waals surface area contributed by atoms with Gasteiger partial charge >= 0.3 is 6.18 Å². The van der Waals surface area contributed by atoms with Gasteiger partial charge in [0.1, 0.15) is 0 Å². The van der Waals surface area contributed by atoms with Crippen LogP contribution in [0.4, 0.5) is 13.2 Å². The Labute approximate surface area is 184 Å². The predicted molar refractivity (Wildman–Crippen MR) is 119 cm³/mol. The van der Waals surface area contributed by atoms with Gasteiger partial charge in [0.15, 0.2) is 5.96 Å². The van der Waals surface area contributed by atoms with Gasteiger partial charge in [0.2, 0.25) is 0 Å². The molecule has 1 unspecified atom stereocenters. The summed E-state index contributed by atoms with van der Waals surface area (Å²) in [4.78, 5) is 10.5. The zero-order chi connectivity index (χ0) is 19.9. The first-order valence-electron chi connectivity index (χ1n) is 9.89. The van der Waals surface area contributed by atoms with E-state index in [9.17, 15) is 13.2 Å². The van der Waals surface area contributed by atoms with E-state index in [1.165, 1.54) is 4.90 Å². The summed E-state index contributed by atoms with van der Waals surface area (Å²) in [6.07, 6.45) is -1.45. The number of nitrogens with one attached hydrogen (secondary N) is 2. The molecule has 0 aromatic heterocycles. The normalized spacial score (nSPS) is 24.1. The third-order valence-electron chi connectivity index (χ3n) is 5.66. The van der Waals surface area contributed by atoms with Gasteiger partial charge in [0.05, 0.1) is 6.54 Å². The lowest BCUT2D eigenvalue weighted by Gasteiger charge is -2.38. The number of alkyl halides is 3. The number of hydrogen-bond donors (Lipinski definition) is 2. The van der Waals surface area contributed by atoms with Gasteiger partial charge in [-0.1, -0.05) is 0 Å². The molecule has 0 aromatic carbocycles. The number of guanidine groups is 1. The maximum Gasteiger partial charge on any atom is 0.401 e. The largest absolute Gasteiger partial charge is 0.401 e. The van der Waals surface area contributed by atoms with E-state index in [4.69, 9.17) is 0 Å². The Morgan fingerprint density at radius 3 is 2.36 bits per heavy atom. The van der Waals surface area contributed by atoms with Crippen LogP contribution in [0, 0.1) is 5.92 Å². The van der Waals surface area contributed by atoms with Crippen LogP contribution in [0.1, 0.15) is 19.3 Å². The first-order valence-corrected chi connectivity index (χ1v) is 9.89. The fourth-order valence-electron chi connectivity index (χ4n) is 3.84. The molecule has 0 amide bonds. The van der Waals surface area contributed by atoms with Gasteiger partial charge in [-0.2, -0.15) is 13.2 Å². The SMILES string of the molecule is CN=C(NCCC1CCN(CC(F)(F)F)CC1)NCC1CN(C)CCN1C.I. The number of likely N-dealkylation sites (N-methyl/N-ethyl adjacent to an activating group) is 2. The molecule has 10 heteroatoms. The minimum Gasteiger partial charge on any atom is -0.356 e. The summed E-state index contributed by atoms with van der Waals surface area (Å²) < 4.78 is 37.3. The van der Waals surface area contributed by atoms with E-state index < -0.39 is 12.7 Å². The van der Waals surface area contributed by atoms with Gasteiger partial charge < -0.3 is 15.5 Å². The molecule has 1 atom stereocenters. The molecule has 166 valence electrons. The average molecular weight is 520 g/mol. The molecule has 2 rings (SSSR count). The summed E-state index contributed by atoms with van der Waals surface area (Å²) in [6.45, 7) is 5.15. The molecule has 28 heavy (non-hydrogen) atoms. The molecule has 0 saturated carbocycles. The number of aliphatic imine (C=N–C) groups is 1. The molecule has 0 radical (unpaired) electrons. The Morgan fingerprint density at radius 2 is 1.75 bits per heavy atom. The van der Waals surface area contributed by atoms with Crippen molar-refractivity contribution in [2.75, 3.05) is 73.5 Å². The lowest BCUT2D eigenvalue weighted by atomic mass is 9.93. The third kappa shape index (κ3) is 9.45. The fourth-order valence-corrected chi connectivity index (χ4v) is 3.84. The Hall–Kier alpha value is -0.330. The zero-order valence-electron chi connectivity index (χ0n) is 17.3. The molecule has 6 nitrogen and oxygen atoms in total. The second-order valence-electron chi connectivity index (χ2n) is 7.90. The molecule has 0 aromatic rings. The van der Waals surface area contributed by atoms with Crippen molar-refractivity contribution in [3.05, 3.63) is 0 Å². The van der Waals surface area contributed by atoms with Crippen LogP contribution in [-0.2, 0) is 0 Å². The summed E-state index contributed by atoms with van der Waals surface area (Å²) in [5, 5.41) is 6.74. The maximum absolute atomic E-state index is 12.4. The number of nitrogens with zero attached hydrogens (tertiary/aromatic N) is 4. The first kappa shape index (κ1) is 25.7. The van der Waals surface area contributed by atoms with Crippen LogP contribution < -0.4 is 10.6 Å². The molecular formula is C18H36F3IN6. The van der Waals surface area contributed by atoms with Crippen molar-refractivity contribution in [1.82, 2.24) is 25.3 Å². The summed E-state index contributed by atoms with van der Waals surface area (Å²) in [6, 6.07) is 0.459. The van der Waals surface area contributed by atoms with E-state index in [1.807, 2.05) is 0 Å². The monoisotopic (exact) mass is 520 g/mol. The first-order chi connectivity index (χ1) is 12.8. The highest BCUT2D eigenvalue weighted by Gasteiger charge is 2.32. The van der Waals surface area contributed by atoms with E-state index in [-0.39, 0.29) is 24.0 Å². The third-order valence-corrected chi connectivity index (χ3v) is 5.66. The van der Waals surface area contributed by atoms with Gasteiger partial charge in [0.25, 0.3) is 0 Å². The van der Waals surface area contributed by atoms with E-state index in [0.717, 1.165) is 57.9 Å². The van der Waals surface area contributed by atoms with Crippen LogP contribution in [0.3, 0.4) is 0 Å². The molecule has 2 N–H and O–H groups in total. The predicted octanol–water partition coefficient (Wildman–Crippen LogP) is 1.68. The van der Waals surface area contributed by atoms with Crippen LogP contribution in [0.2, 0.25) is 0 Å². The number of piperazine rings is 1. The second kappa shape index (κ2) is 12.4. The highest BCUT2D eigenvalue weighted by Crippen LogP contribution is 2.23. The Morgan fingerprint density at radius 1 is 1.07 bits per heavy atom.